The summed E-state index contributed by atoms with van der Waals surface area (Å²) >= 11 is 0. The van der Waals surface area contributed by atoms with E-state index in [1.807, 2.05) is 12.1 Å². The van der Waals surface area contributed by atoms with Gasteiger partial charge < -0.3 is 20.3 Å². The first kappa shape index (κ1) is 18.7. The molecule has 7 nitrogen and oxygen atoms in total. The zero-order chi connectivity index (χ0) is 19.3. The topological polar surface area (TPSA) is 84.6 Å². The summed E-state index contributed by atoms with van der Waals surface area (Å²) in [4.78, 5) is 24.8. The van der Waals surface area contributed by atoms with E-state index >= 15 is 0 Å². The summed E-state index contributed by atoms with van der Waals surface area (Å²) in [6.07, 6.45) is 6.26. The predicted octanol–water partition coefficient (Wildman–Crippen LogP) is 2.00. The van der Waals surface area contributed by atoms with Gasteiger partial charge in [0.05, 0.1) is 24.2 Å². The Kier molecular flexibility index (Phi) is 5.71. The van der Waals surface area contributed by atoms with Crippen LogP contribution in [0.25, 0.3) is 0 Å². The molecule has 2 aromatic rings. The Labute approximate surface area is 165 Å². The fraction of sp³-hybridized carbons (Fsp3) is 0.476. The van der Waals surface area contributed by atoms with Crippen LogP contribution in [0.2, 0.25) is 0 Å². The van der Waals surface area contributed by atoms with E-state index in [1.165, 1.54) is 31.5 Å². The number of likely N-dealkylation sites (tertiary alicyclic amines) is 1. The fourth-order valence-corrected chi connectivity index (χ4v) is 3.89. The van der Waals surface area contributed by atoms with E-state index in [1.54, 1.807) is 12.3 Å². The largest absolute Gasteiger partial charge is 0.478 e. The average Bonchev–Trinajstić information content (AvgIpc) is 3.24. The van der Waals surface area contributed by atoms with Crippen molar-refractivity contribution in [3.63, 3.8) is 0 Å². The summed E-state index contributed by atoms with van der Waals surface area (Å²) in [7, 11) is 0. The van der Waals surface area contributed by atoms with Gasteiger partial charge in [0.2, 0.25) is 5.88 Å². The van der Waals surface area contributed by atoms with E-state index in [9.17, 15) is 4.79 Å². The van der Waals surface area contributed by atoms with Gasteiger partial charge in [-0.2, -0.15) is 0 Å². The Hall–Kier alpha value is -2.67. The monoisotopic (exact) mass is 381 g/mol. The maximum absolute atomic E-state index is 11.2. The molecule has 7 heteroatoms. The molecule has 0 aliphatic carbocycles. The number of nitrogens with two attached hydrogens (primary N) is 1. The molecule has 2 aromatic heterocycles. The predicted molar refractivity (Wildman–Crippen MR) is 108 cm³/mol. The Morgan fingerprint density at radius 3 is 2.75 bits per heavy atom. The highest BCUT2D eigenvalue weighted by atomic mass is 16.5. The number of pyridine rings is 2. The number of nitrogens with zero attached hydrogens (tertiary/aromatic N) is 4. The maximum atomic E-state index is 11.2. The van der Waals surface area contributed by atoms with Gasteiger partial charge in [0.1, 0.15) is 5.69 Å². The summed E-state index contributed by atoms with van der Waals surface area (Å²) in [6.45, 7) is 5.92. The third kappa shape index (κ3) is 4.42. The molecule has 1 amide bonds. The van der Waals surface area contributed by atoms with Crippen LogP contribution in [0.1, 0.15) is 41.0 Å². The lowest BCUT2D eigenvalue weighted by Crippen LogP contribution is -2.31. The second kappa shape index (κ2) is 8.56. The van der Waals surface area contributed by atoms with Crippen LogP contribution in [0.15, 0.2) is 30.5 Å². The lowest BCUT2D eigenvalue weighted by atomic mass is 10.1. The molecule has 1 saturated heterocycles. The summed E-state index contributed by atoms with van der Waals surface area (Å²) in [5.74, 6) is 0.216. The molecule has 28 heavy (non-hydrogen) atoms. The van der Waals surface area contributed by atoms with Gasteiger partial charge in [-0.05, 0) is 50.0 Å². The van der Waals surface area contributed by atoms with Gasteiger partial charge >= 0.3 is 0 Å². The maximum Gasteiger partial charge on any atom is 0.267 e. The number of hydrogen-bond donors (Lipinski definition) is 1. The molecule has 148 valence electrons. The zero-order valence-corrected chi connectivity index (χ0v) is 16.1. The van der Waals surface area contributed by atoms with Crippen molar-refractivity contribution in [2.75, 3.05) is 37.7 Å². The van der Waals surface area contributed by atoms with Crippen molar-refractivity contribution in [1.82, 2.24) is 14.9 Å². The first-order chi connectivity index (χ1) is 13.7. The molecule has 0 spiro atoms. The van der Waals surface area contributed by atoms with Crippen molar-refractivity contribution in [2.45, 2.75) is 32.2 Å². The number of fused-ring (bicyclic) bond motifs is 1. The number of amides is 1. The SMILES string of the molecule is NC(=O)c1ccc(N2CCc3nc(OCCCN4CCCC4)ccc3C2)cn1. The number of hydrogen-bond acceptors (Lipinski definition) is 6. The fourth-order valence-electron chi connectivity index (χ4n) is 3.89. The van der Waals surface area contributed by atoms with Crippen molar-refractivity contribution < 1.29 is 9.53 Å². The van der Waals surface area contributed by atoms with Gasteiger partial charge in [-0.1, -0.05) is 6.07 Å². The van der Waals surface area contributed by atoms with Crippen LogP contribution in [0.3, 0.4) is 0 Å². The van der Waals surface area contributed by atoms with Crippen molar-refractivity contribution in [3.8, 4) is 5.88 Å². The van der Waals surface area contributed by atoms with Crippen LogP contribution >= 0.6 is 0 Å². The number of carbonyl (C=O) groups excluding carboxylic acids is 1. The lowest BCUT2D eigenvalue weighted by Gasteiger charge is -2.30. The minimum Gasteiger partial charge on any atom is -0.478 e. The quantitative estimate of drug-likeness (QED) is 0.739. The third-order valence-electron chi connectivity index (χ3n) is 5.46. The van der Waals surface area contributed by atoms with E-state index in [0.29, 0.717) is 6.61 Å². The van der Waals surface area contributed by atoms with Gasteiger partial charge in [0.15, 0.2) is 0 Å². The highest BCUT2D eigenvalue weighted by molar-refractivity contribution is 5.90. The average molecular weight is 381 g/mol. The number of anilines is 1. The number of ether oxygens (including phenoxy) is 1. The van der Waals surface area contributed by atoms with E-state index < -0.39 is 5.91 Å². The number of rotatable bonds is 7. The van der Waals surface area contributed by atoms with Crippen LogP contribution in [0.4, 0.5) is 5.69 Å². The Bertz CT molecular complexity index is 818. The zero-order valence-electron chi connectivity index (χ0n) is 16.1. The third-order valence-corrected chi connectivity index (χ3v) is 5.46. The Balaban J connectivity index is 1.31. The van der Waals surface area contributed by atoms with Crippen LogP contribution in [0.5, 0.6) is 5.88 Å². The molecule has 2 aliphatic heterocycles. The molecule has 0 atom stereocenters. The molecular weight excluding hydrogens is 354 g/mol. The van der Waals surface area contributed by atoms with E-state index in [2.05, 4.69) is 20.9 Å². The van der Waals surface area contributed by atoms with Crippen LogP contribution in [-0.2, 0) is 13.0 Å². The summed E-state index contributed by atoms with van der Waals surface area (Å²) in [5, 5.41) is 0. The Morgan fingerprint density at radius 2 is 2.00 bits per heavy atom. The second-order valence-corrected chi connectivity index (χ2v) is 7.44. The molecule has 4 heterocycles. The van der Waals surface area contributed by atoms with E-state index in [4.69, 9.17) is 15.5 Å². The second-order valence-electron chi connectivity index (χ2n) is 7.44. The highest BCUT2D eigenvalue weighted by Crippen LogP contribution is 2.25. The van der Waals surface area contributed by atoms with E-state index in [-0.39, 0.29) is 5.69 Å². The first-order valence-electron chi connectivity index (χ1n) is 10.0. The molecule has 0 unspecified atom stereocenters. The first-order valence-corrected chi connectivity index (χ1v) is 10.0. The smallest absolute Gasteiger partial charge is 0.267 e. The van der Waals surface area contributed by atoms with Crippen LogP contribution in [0, 0.1) is 0 Å². The van der Waals surface area contributed by atoms with Crippen LogP contribution in [-0.4, -0.2) is 53.6 Å². The minimum atomic E-state index is -0.507. The Morgan fingerprint density at radius 1 is 1.14 bits per heavy atom. The summed E-state index contributed by atoms with van der Waals surface area (Å²) in [5.41, 5.74) is 8.84. The molecule has 0 bridgehead atoms. The minimum absolute atomic E-state index is 0.286. The standard InChI is InChI=1S/C21H27N5O2/c22-21(27)19-6-5-17(14-23-19)26-12-8-18-16(15-26)4-7-20(24-18)28-13-3-11-25-9-1-2-10-25/h4-7,14H,1-3,8-13,15H2,(H2,22,27). The number of carbonyl (C=O) groups is 1. The molecule has 4 rings (SSSR count). The molecule has 1 fully saturated rings. The van der Waals surface area contributed by atoms with Gasteiger partial charge in [0.25, 0.3) is 5.91 Å². The summed E-state index contributed by atoms with van der Waals surface area (Å²) in [6, 6.07) is 7.63. The highest BCUT2D eigenvalue weighted by Gasteiger charge is 2.19. The van der Waals surface area contributed by atoms with Crippen molar-refractivity contribution in [2.24, 2.45) is 5.73 Å². The van der Waals surface area contributed by atoms with E-state index in [0.717, 1.165) is 49.7 Å². The summed E-state index contributed by atoms with van der Waals surface area (Å²) < 4.78 is 5.87. The molecule has 0 radical (unpaired) electrons. The number of primary amides is 1. The van der Waals surface area contributed by atoms with Crippen molar-refractivity contribution in [1.29, 1.82) is 0 Å². The molecule has 2 aliphatic rings. The van der Waals surface area contributed by atoms with Gasteiger partial charge in [0, 0.05) is 32.1 Å². The normalized spacial score (nSPS) is 16.8. The van der Waals surface area contributed by atoms with Crippen molar-refractivity contribution >= 4 is 11.6 Å². The molecular formula is C21H27N5O2. The van der Waals surface area contributed by atoms with Crippen molar-refractivity contribution in [3.05, 3.63) is 47.4 Å². The van der Waals surface area contributed by atoms with Gasteiger partial charge in [-0.25, -0.2) is 9.97 Å². The van der Waals surface area contributed by atoms with Crippen LogP contribution < -0.4 is 15.4 Å². The number of aromatic nitrogens is 2. The van der Waals surface area contributed by atoms with Gasteiger partial charge in [-0.15, -0.1) is 0 Å². The molecule has 0 aromatic carbocycles. The van der Waals surface area contributed by atoms with Gasteiger partial charge in [-0.3, -0.25) is 4.79 Å². The lowest BCUT2D eigenvalue weighted by molar-refractivity contribution is 0.0995. The molecule has 2 N–H and O–H groups in total. The molecule has 0 saturated carbocycles.